The third-order valence-electron chi connectivity index (χ3n) is 7.38. The molecule has 1 heterocycles. The molecule has 0 saturated carbocycles. The highest BCUT2D eigenvalue weighted by molar-refractivity contribution is 6.42. The van der Waals surface area contributed by atoms with E-state index in [0.717, 1.165) is 43.5 Å². The zero-order chi connectivity index (χ0) is 27.1. The van der Waals surface area contributed by atoms with Crippen LogP contribution in [0.4, 0.5) is 4.79 Å². The molecule has 0 radical (unpaired) electrons. The van der Waals surface area contributed by atoms with E-state index in [1.165, 1.54) is 5.56 Å². The number of piperidine rings is 1. The zero-order valence-corrected chi connectivity index (χ0v) is 22.9. The van der Waals surface area contributed by atoms with Crippen molar-refractivity contribution >= 4 is 35.2 Å². The maximum atomic E-state index is 12.2. The number of amides is 2. The van der Waals surface area contributed by atoms with Crippen LogP contribution in [0.3, 0.4) is 0 Å². The minimum atomic E-state index is -1.09. The monoisotopic (exact) mass is 553 g/mol. The number of carboxylic acid groups (broad SMARTS) is 1. The van der Waals surface area contributed by atoms with Crippen LogP contribution >= 0.6 is 23.2 Å². The first kappa shape index (κ1) is 28.0. The molecule has 1 aliphatic heterocycles. The summed E-state index contributed by atoms with van der Waals surface area (Å²) < 4.78 is 0. The molecule has 0 aliphatic carbocycles. The summed E-state index contributed by atoms with van der Waals surface area (Å²) in [4.78, 5) is 26.4. The largest absolute Gasteiger partial charge is 0.465 e. The fourth-order valence-electron chi connectivity index (χ4n) is 5.53. The van der Waals surface area contributed by atoms with E-state index in [0.29, 0.717) is 16.5 Å². The van der Waals surface area contributed by atoms with Crippen molar-refractivity contribution in [1.29, 1.82) is 0 Å². The molecule has 3 N–H and O–H groups in total. The molecule has 1 fully saturated rings. The van der Waals surface area contributed by atoms with Gasteiger partial charge in [0.15, 0.2) is 0 Å². The molecule has 0 spiro atoms. The predicted molar refractivity (Wildman–Crippen MR) is 152 cm³/mol. The molecule has 6 nitrogen and oxygen atoms in total. The Morgan fingerprint density at radius 3 is 2.16 bits per heavy atom. The van der Waals surface area contributed by atoms with E-state index in [9.17, 15) is 14.7 Å². The van der Waals surface area contributed by atoms with E-state index < -0.39 is 17.7 Å². The second-order valence-electron chi connectivity index (χ2n) is 9.92. The number of nitrogens with zero attached hydrogens (tertiary/aromatic N) is 1. The Kier molecular flexibility index (Phi) is 9.31. The molecule has 2 atom stereocenters. The summed E-state index contributed by atoms with van der Waals surface area (Å²) in [5.74, 6) is -0.0477. The second kappa shape index (κ2) is 12.7. The van der Waals surface area contributed by atoms with Gasteiger partial charge >= 0.3 is 6.09 Å². The topological polar surface area (TPSA) is 81.7 Å². The van der Waals surface area contributed by atoms with Gasteiger partial charge in [-0.15, -0.1) is 0 Å². The van der Waals surface area contributed by atoms with Crippen molar-refractivity contribution < 1.29 is 14.7 Å². The molecule has 2 amide bonds. The van der Waals surface area contributed by atoms with Crippen LogP contribution in [-0.2, 0) is 16.8 Å². The SMILES string of the molecule is CC(=O)NC1(c2ccccc2)CCN(C(Cc2ccccc2)CC(NC(=O)O)c2ccc(Cl)c(Cl)c2)CC1. The molecule has 200 valence electrons. The summed E-state index contributed by atoms with van der Waals surface area (Å²) in [6.45, 7) is 3.08. The fraction of sp³-hybridized carbons (Fsp3) is 0.333. The Morgan fingerprint density at radius 2 is 1.58 bits per heavy atom. The van der Waals surface area contributed by atoms with Gasteiger partial charge in [-0.05, 0) is 54.5 Å². The second-order valence-corrected chi connectivity index (χ2v) is 10.7. The minimum Gasteiger partial charge on any atom is -0.465 e. The van der Waals surface area contributed by atoms with Crippen molar-refractivity contribution in [1.82, 2.24) is 15.5 Å². The van der Waals surface area contributed by atoms with Gasteiger partial charge in [-0.1, -0.05) is 89.9 Å². The molecule has 3 aromatic carbocycles. The Balaban J connectivity index is 1.61. The van der Waals surface area contributed by atoms with Crippen LogP contribution < -0.4 is 10.6 Å². The van der Waals surface area contributed by atoms with Crippen LogP contribution in [0.5, 0.6) is 0 Å². The number of nitrogens with one attached hydrogen (secondary N) is 2. The minimum absolute atomic E-state index is 0.0477. The van der Waals surface area contributed by atoms with Crippen molar-refractivity contribution in [2.75, 3.05) is 13.1 Å². The average molecular weight is 555 g/mol. The van der Waals surface area contributed by atoms with E-state index in [4.69, 9.17) is 23.2 Å². The van der Waals surface area contributed by atoms with E-state index in [-0.39, 0.29) is 11.9 Å². The van der Waals surface area contributed by atoms with Crippen LogP contribution in [0.1, 0.15) is 48.9 Å². The lowest BCUT2D eigenvalue weighted by Gasteiger charge is -2.45. The molecule has 8 heteroatoms. The van der Waals surface area contributed by atoms with E-state index in [1.807, 2.05) is 42.5 Å². The van der Waals surface area contributed by atoms with Gasteiger partial charge in [-0.3, -0.25) is 9.69 Å². The summed E-state index contributed by atoms with van der Waals surface area (Å²) in [5, 5.41) is 16.4. The molecular formula is C30H33Cl2N3O3. The normalized spacial score (nSPS) is 16.8. The molecular weight excluding hydrogens is 521 g/mol. The maximum Gasteiger partial charge on any atom is 0.405 e. The first-order chi connectivity index (χ1) is 18.3. The summed E-state index contributed by atoms with van der Waals surface area (Å²) in [7, 11) is 0. The number of halogens is 2. The zero-order valence-electron chi connectivity index (χ0n) is 21.4. The molecule has 4 rings (SSSR count). The quantitative estimate of drug-likeness (QED) is 0.285. The summed E-state index contributed by atoms with van der Waals surface area (Å²) >= 11 is 12.4. The smallest absolute Gasteiger partial charge is 0.405 e. The Labute approximate surface area is 234 Å². The number of carbonyl (C=O) groups is 2. The lowest BCUT2D eigenvalue weighted by molar-refractivity contribution is -0.121. The Morgan fingerprint density at radius 1 is 0.947 bits per heavy atom. The fourth-order valence-corrected chi connectivity index (χ4v) is 5.83. The first-order valence-corrected chi connectivity index (χ1v) is 13.6. The lowest BCUT2D eigenvalue weighted by Crippen LogP contribution is -2.55. The summed E-state index contributed by atoms with van der Waals surface area (Å²) in [6.07, 6.45) is 1.74. The van der Waals surface area contributed by atoms with Gasteiger partial charge in [0.25, 0.3) is 0 Å². The third kappa shape index (κ3) is 7.07. The van der Waals surface area contributed by atoms with Gasteiger partial charge in [0.05, 0.1) is 21.6 Å². The van der Waals surface area contributed by atoms with Crippen LogP contribution in [0, 0.1) is 0 Å². The molecule has 0 aromatic heterocycles. The van der Waals surface area contributed by atoms with Gasteiger partial charge in [-0.25, -0.2) is 4.79 Å². The first-order valence-electron chi connectivity index (χ1n) is 12.8. The van der Waals surface area contributed by atoms with Crippen LogP contribution in [0.15, 0.2) is 78.9 Å². The van der Waals surface area contributed by atoms with Gasteiger partial charge < -0.3 is 15.7 Å². The van der Waals surface area contributed by atoms with Crippen LogP contribution in [0.25, 0.3) is 0 Å². The number of rotatable bonds is 9. The summed E-state index contributed by atoms with van der Waals surface area (Å²) in [6, 6.07) is 25.2. The highest BCUT2D eigenvalue weighted by Crippen LogP contribution is 2.36. The Bertz CT molecular complexity index is 1230. The standard InChI is InChI=1S/C30H33Cl2N3O3/c1-21(36)34-30(24-10-6-3-7-11-24)14-16-35(17-15-30)25(18-22-8-4-2-5-9-22)20-28(33-29(37)38)23-12-13-26(31)27(32)19-23/h2-13,19,25,28,33H,14-18,20H2,1H3,(H,34,36)(H,37,38). The Hall–Kier alpha value is -3.06. The van der Waals surface area contributed by atoms with Crippen molar-refractivity contribution in [3.8, 4) is 0 Å². The molecule has 1 saturated heterocycles. The van der Waals surface area contributed by atoms with E-state index in [1.54, 1.807) is 19.1 Å². The molecule has 1 aliphatic rings. The number of carbonyl (C=O) groups excluding carboxylic acids is 1. The van der Waals surface area contributed by atoms with Crippen LogP contribution in [0.2, 0.25) is 10.0 Å². The molecule has 2 unspecified atom stereocenters. The number of benzene rings is 3. The van der Waals surface area contributed by atoms with Crippen molar-refractivity contribution in [2.24, 2.45) is 0 Å². The van der Waals surface area contributed by atoms with Crippen molar-refractivity contribution in [3.05, 3.63) is 106 Å². The predicted octanol–water partition coefficient (Wildman–Crippen LogP) is 6.43. The number of likely N-dealkylation sites (tertiary alicyclic amines) is 1. The van der Waals surface area contributed by atoms with Crippen LogP contribution in [-0.4, -0.2) is 41.1 Å². The van der Waals surface area contributed by atoms with Gasteiger partial charge in [0.2, 0.25) is 5.91 Å². The van der Waals surface area contributed by atoms with E-state index in [2.05, 4.69) is 39.8 Å². The number of hydrogen-bond donors (Lipinski definition) is 3. The van der Waals surface area contributed by atoms with Crippen molar-refractivity contribution in [2.45, 2.75) is 50.2 Å². The molecule has 3 aromatic rings. The maximum absolute atomic E-state index is 12.2. The molecule has 0 bridgehead atoms. The van der Waals surface area contributed by atoms with E-state index >= 15 is 0 Å². The van der Waals surface area contributed by atoms with Gasteiger partial charge in [-0.2, -0.15) is 0 Å². The molecule has 38 heavy (non-hydrogen) atoms. The summed E-state index contributed by atoms with van der Waals surface area (Å²) in [5.41, 5.74) is 2.63. The van der Waals surface area contributed by atoms with Gasteiger partial charge in [0.1, 0.15) is 0 Å². The average Bonchev–Trinajstić information content (AvgIpc) is 2.90. The van der Waals surface area contributed by atoms with Crippen molar-refractivity contribution in [3.63, 3.8) is 0 Å². The third-order valence-corrected chi connectivity index (χ3v) is 8.11. The van der Waals surface area contributed by atoms with Gasteiger partial charge in [0, 0.05) is 26.1 Å². The number of hydrogen-bond acceptors (Lipinski definition) is 3. The highest BCUT2D eigenvalue weighted by Gasteiger charge is 2.39. The lowest BCUT2D eigenvalue weighted by atomic mass is 9.79. The highest BCUT2D eigenvalue weighted by atomic mass is 35.5.